The van der Waals surface area contributed by atoms with Crippen LogP contribution in [0.1, 0.15) is 12.5 Å². The van der Waals surface area contributed by atoms with Crippen molar-refractivity contribution in [1.82, 2.24) is 0 Å². The van der Waals surface area contributed by atoms with Gasteiger partial charge in [-0.3, -0.25) is 4.79 Å². The number of sulfonamides is 1. The first-order chi connectivity index (χ1) is 10.9. The molecule has 0 spiro atoms. The molecule has 0 aliphatic carbocycles. The van der Waals surface area contributed by atoms with Gasteiger partial charge in [0.15, 0.2) is 6.61 Å². The molecule has 0 heterocycles. The third-order valence-electron chi connectivity index (χ3n) is 3.15. The standard InChI is InChI=1S/C16H18N2O4S/c1-2-12-6-8-14(9-7-12)22-11-16(19)18-13-4-3-5-15(10-13)23(17,20)21/h3-10H,2,11H2,1H3,(H,18,19)(H2,17,20,21). The molecule has 2 aromatic carbocycles. The maximum atomic E-state index is 11.9. The van der Waals surface area contributed by atoms with E-state index in [9.17, 15) is 13.2 Å². The van der Waals surface area contributed by atoms with Crippen LogP contribution >= 0.6 is 0 Å². The highest BCUT2D eigenvalue weighted by atomic mass is 32.2. The summed E-state index contributed by atoms with van der Waals surface area (Å²) in [5, 5.41) is 7.61. The molecule has 0 radical (unpaired) electrons. The van der Waals surface area contributed by atoms with E-state index in [-0.39, 0.29) is 11.5 Å². The SMILES string of the molecule is CCc1ccc(OCC(=O)Nc2cccc(S(N)(=O)=O)c2)cc1. The van der Waals surface area contributed by atoms with Gasteiger partial charge in [0.2, 0.25) is 10.0 Å². The number of aryl methyl sites for hydroxylation is 1. The van der Waals surface area contributed by atoms with Crippen molar-refractivity contribution in [1.29, 1.82) is 0 Å². The summed E-state index contributed by atoms with van der Waals surface area (Å²) in [5.74, 6) is 0.201. The molecule has 0 bridgehead atoms. The highest BCUT2D eigenvalue weighted by Crippen LogP contribution is 2.15. The monoisotopic (exact) mass is 334 g/mol. The molecular weight excluding hydrogens is 316 g/mol. The number of ether oxygens (including phenoxy) is 1. The summed E-state index contributed by atoms with van der Waals surface area (Å²) in [6, 6.07) is 13.2. The summed E-state index contributed by atoms with van der Waals surface area (Å²) < 4.78 is 27.9. The lowest BCUT2D eigenvalue weighted by Crippen LogP contribution is -2.20. The van der Waals surface area contributed by atoms with Gasteiger partial charge >= 0.3 is 0 Å². The lowest BCUT2D eigenvalue weighted by atomic mass is 10.2. The molecule has 0 saturated heterocycles. The lowest BCUT2D eigenvalue weighted by Gasteiger charge is -2.09. The minimum Gasteiger partial charge on any atom is -0.484 e. The third-order valence-corrected chi connectivity index (χ3v) is 4.06. The van der Waals surface area contributed by atoms with Crippen molar-refractivity contribution in [3.05, 3.63) is 54.1 Å². The van der Waals surface area contributed by atoms with Gasteiger partial charge in [0.25, 0.3) is 5.91 Å². The topological polar surface area (TPSA) is 98.5 Å². The highest BCUT2D eigenvalue weighted by molar-refractivity contribution is 7.89. The van der Waals surface area contributed by atoms with E-state index in [1.165, 1.54) is 23.8 Å². The molecule has 0 aromatic heterocycles. The first-order valence-corrected chi connectivity index (χ1v) is 8.57. The minimum atomic E-state index is -3.81. The van der Waals surface area contributed by atoms with Crippen LogP contribution in [0.4, 0.5) is 5.69 Å². The molecule has 3 N–H and O–H groups in total. The van der Waals surface area contributed by atoms with Crippen LogP contribution < -0.4 is 15.2 Å². The number of nitrogens with two attached hydrogens (primary N) is 1. The second-order valence-corrected chi connectivity index (χ2v) is 6.47. The fourth-order valence-corrected chi connectivity index (χ4v) is 2.48. The number of hydrogen-bond donors (Lipinski definition) is 2. The Hall–Kier alpha value is -2.38. The van der Waals surface area contributed by atoms with E-state index in [4.69, 9.17) is 9.88 Å². The Kier molecular flexibility index (Phi) is 5.36. The molecule has 0 aliphatic rings. The second-order valence-electron chi connectivity index (χ2n) is 4.91. The zero-order valence-corrected chi connectivity index (χ0v) is 13.5. The predicted octanol–water partition coefficient (Wildman–Crippen LogP) is 1.91. The first-order valence-electron chi connectivity index (χ1n) is 7.03. The predicted molar refractivity (Wildman–Crippen MR) is 87.8 cm³/mol. The minimum absolute atomic E-state index is 0.0635. The highest BCUT2D eigenvalue weighted by Gasteiger charge is 2.09. The van der Waals surface area contributed by atoms with Crippen molar-refractivity contribution >= 4 is 21.6 Å². The summed E-state index contributed by atoms with van der Waals surface area (Å²) in [5.41, 5.74) is 1.52. The van der Waals surface area contributed by atoms with Gasteiger partial charge in [-0.1, -0.05) is 25.1 Å². The average molecular weight is 334 g/mol. The van der Waals surface area contributed by atoms with Crippen LogP contribution in [0.5, 0.6) is 5.75 Å². The van der Waals surface area contributed by atoms with Crippen molar-refractivity contribution < 1.29 is 17.9 Å². The van der Waals surface area contributed by atoms with Gasteiger partial charge in [-0.2, -0.15) is 0 Å². The molecule has 0 aliphatic heterocycles. The number of hydrogen-bond acceptors (Lipinski definition) is 4. The zero-order valence-electron chi connectivity index (χ0n) is 12.7. The average Bonchev–Trinajstić information content (AvgIpc) is 2.53. The second kappa shape index (κ2) is 7.26. The molecule has 122 valence electrons. The largest absolute Gasteiger partial charge is 0.484 e. The van der Waals surface area contributed by atoms with Gasteiger partial charge in [0.1, 0.15) is 5.75 Å². The lowest BCUT2D eigenvalue weighted by molar-refractivity contribution is -0.118. The van der Waals surface area contributed by atoms with Crippen molar-refractivity contribution in [3.8, 4) is 5.75 Å². The molecular formula is C16H18N2O4S. The van der Waals surface area contributed by atoms with Crippen LogP contribution in [0, 0.1) is 0 Å². The van der Waals surface area contributed by atoms with E-state index in [0.717, 1.165) is 6.42 Å². The Morgan fingerprint density at radius 3 is 2.48 bits per heavy atom. The smallest absolute Gasteiger partial charge is 0.262 e. The summed E-state index contributed by atoms with van der Waals surface area (Å²) in [6.45, 7) is 1.88. The van der Waals surface area contributed by atoms with Gasteiger partial charge in [-0.05, 0) is 42.3 Å². The molecule has 0 unspecified atom stereocenters. The Morgan fingerprint density at radius 2 is 1.87 bits per heavy atom. The molecule has 0 fully saturated rings. The number of primary sulfonamides is 1. The van der Waals surface area contributed by atoms with E-state index in [2.05, 4.69) is 12.2 Å². The number of benzene rings is 2. The van der Waals surface area contributed by atoms with Crippen molar-refractivity contribution in [2.24, 2.45) is 5.14 Å². The van der Waals surface area contributed by atoms with Crippen LogP contribution in [-0.2, 0) is 21.2 Å². The van der Waals surface area contributed by atoms with Gasteiger partial charge in [0.05, 0.1) is 4.90 Å². The van der Waals surface area contributed by atoms with Gasteiger partial charge in [-0.15, -0.1) is 0 Å². The fourth-order valence-electron chi connectivity index (χ4n) is 1.92. The van der Waals surface area contributed by atoms with E-state index >= 15 is 0 Å². The Bertz CT molecular complexity index is 786. The van der Waals surface area contributed by atoms with Crippen molar-refractivity contribution in [2.75, 3.05) is 11.9 Å². The molecule has 2 aromatic rings. The first kappa shape index (κ1) is 17.0. The Labute approximate surface area is 135 Å². The zero-order chi connectivity index (χ0) is 16.9. The molecule has 7 heteroatoms. The number of anilines is 1. The van der Waals surface area contributed by atoms with E-state index < -0.39 is 15.9 Å². The number of carbonyl (C=O) groups excluding carboxylic acids is 1. The third kappa shape index (κ3) is 5.08. The van der Waals surface area contributed by atoms with Crippen LogP contribution in [0.2, 0.25) is 0 Å². The molecule has 23 heavy (non-hydrogen) atoms. The summed E-state index contributed by atoms with van der Waals surface area (Å²) >= 11 is 0. The van der Waals surface area contributed by atoms with Gasteiger partial charge in [0, 0.05) is 5.69 Å². The van der Waals surface area contributed by atoms with Crippen LogP contribution in [-0.4, -0.2) is 20.9 Å². The molecule has 6 nitrogen and oxygen atoms in total. The maximum Gasteiger partial charge on any atom is 0.262 e. The quantitative estimate of drug-likeness (QED) is 0.843. The van der Waals surface area contributed by atoms with Gasteiger partial charge < -0.3 is 10.1 Å². The summed E-state index contributed by atoms with van der Waals surface area (Å²) in [6.07, 6.45) is 0.932. The Balaban J connectivity index is 1.94. The van der Waals surface area contributed by atoms with E-state index in [1.807, 2.05) is 12.1 Å². The van der Waals surface area contributed by atoms with E-state index in [1.54, 1.807) is 18.2 Å². The van der Waals surface area contributed by atoms with Crippen LogP contribution in [0.15, 0.2) is 53.4 Å². The van der Waals surface area contributed by atoms with Crippen molar-refractivity contribution in [3.63, 3.8) is 0 Å². The number of nitrogens with one attached hydrogen (secondary N) is 1. The molecule has 1 amide bonds. The van der Waals surface area contributed by atoms with Crippen LogP contribution in [0.25, 0.3) is 0 Å². The van der Waals surface area contributed by atoms with E-state index in [0.29, 0.717) is 11.4 Å². The van der Waals surface area contributed by atoms with Crippen molar-refractivity contribution in [2.45, 2.75) is 18.2 Å². The van der Waals surface area contributed by atoms with Crippen LogP contribution in [0.3, 0.4) is 0 Å². The summed E-state index contributed by atoms with van der Waals surface area (Å²) in [7, 11) is -3.81. The summed E-state index contributed by atoms with van der Waals surface area (Å²) in [4.78, 5) is 11.8. The maximum absolute atomic E-state index is 11.9. The number of rotatable bonds is 6. The van der Waals surface area contributed by atoms with Gasteiger partial charge in [-0.25, -0.2) is 13.6 Å². The molecule has 2 rings (SSSR count). The molecule has 0 saturated carbocycles. The Morgan fingerprint density at radius 1 is 1.17 bits per heavy atom. The normalized spacial score (nSPS) is 11.0. The number of carbonyl (C=O) groups is 1. The number of amides is 1. The molecule has 0 atom stereocenters. The fraction of sp³-hybridized carbons (Fsp3) is 0.188.